The second-order valence-electron chi connectivity index (χ2n) is 3.25. The fourth-order valence-electron chi connectivity index (χ4n) is 1.47. The highest BCUT2D eigenvalue weighted by Crippen LogP contribution is 2.22. The molecule has 6 heteroatoms. The van der Waals surface area contributed by atoms with Crippen LogP contribution >= 0.6 is 0 Å². The Morgan fingerprint density at radius 3 is 2.44 bits per heavy atom. The highest BCUT2D eigenvalue weighted by Gasteiger charge is 2.05. The van der Waals surface area contributed by atoms with Crippen LogP contribution in [0.3, 0.4) is 0 Å². The minimum Gasteiger partial charge on any atom is -0.744 e. The van der Waals surface area contributed by atoms with E-state index in [2.05, 4.69) is 5.73 Å². The van der Waals surface area contributed by atoms with Gasteiger partial charge in [-0.15, -0.1) is 0 Å². The maximum atomic E-state index is 10.8. The van der Waals surface area contributed by atoms with Gasteiger partial charge >= 0.3 is 0 Å². The van der Waals surface area contributed by atoms with Gasteiger partial charge in [0.1, 0.15) is 15.8 Å². The smallest absolute Gasteiger partial charge is 0.135 e. The Labute approximate surface area is 92.6 Å². The van der Waals surface area contributed by atoms with Crippen molar-refractivity contribution in [2.24, 2.45) is 0 Å². The highest BCUT2D eigenvalue weighted by atomic mass is 32.2. The average molecular weight is 241 g/mol. The second-order valence-corrected chi connectivity index (χ2v) is 4.63. The van der Waals surface area contributed by atoms with Gasteiger partial charge in [-0.25, -0.2) is 8.42 Å². The lowest BCUT2D eigenvalue weighted by atomic mass is 10.1. The third-order valence-corrected chi connectivity index (χ3v) is 3.06. The Hall–Kier alpha value is -1.47. The Morgan fingerprint density at radius 2 is 1.81 bits per heavy atom. The molecular formula is C10H11NO4S. The van der Waals surface area contributed by atoms with Gasteiger partial charge in [0.05, 0.1) is 4.90 Å². The van der Waals surface area contributed by atoms with Gasteiger partial charge < -0.3 is 15.8 Å². The summed E-state index contributed by atoms with van der Waals surface area (Å²) in [5.41, 5.74) is 4.48. The van der Waals surface area contributed by atoms with Crippen LogP contribution in [0.5, 0.6) is 0 Å². The van der Waals surface area contributed by atoms with E-state index >= 15 is 0 Å². The molecule has 0 aliphatic rings. The minimum absolute atomic E-state index is 0. The van der Waals surface area contributed by atoms with Crippen molar-refractivity contribution in [2.45, 2.75) is 4.90 Å². The molecule has 5 N–H and O–H groups in total. The molecule has 0 saturated carbocycles. The molecular weight excluding hydrogens is 230 g/mol. The monoisotopic (exact) mass is 241 g/mol. The fourth-order valence-corrected chi connectivity index (χ4v) is 1.97. The minimum atomic E-state index is -4.39. The molecule has 0 atom stereocenters. The predicted molar refractivity (Wildman–Crippen MR) is 58.1 cm³/mol. The molecule has 2 rings (SSSR count). The molecule has 2 aromatic rings. The van der Waals surface area contributed by atoms with Gasteiger partial charge in [0.2, 0.25) is 0 Å². The maximum Gasteiger partial charge on any atom is 0.135 e. The molecule has 0 aliphatic carbocycles. The first kappa shape index (κ1) is 12.6. The standard InChI is InChI=1S/C10H9NO3S.H2O/c11-10-3-1-2-7-4-5-8(6-9(7)10)15(12,13)14;/h1-6H,11H2,(H,12,13,14);1H2. The number of quaternary nitrogens is 1. The summed E-state index contributed by atoms with van der Waals surface area (Å²) in [7, 11) is -4.39. The number of fused-ring (bicyclic) bond motifs is 1. The van der Waals surface area contributed by atoms with Crippen LogP contribution in [0.25, 0.3) is 10.8 Å². The summed E-state index contributed by atoms with van der Waals surface area (Å²) in [6, 6.07) is 9.71. The van der Waals surface area contributed by atoms with Crippen molar-refractivity contribution in [1.82, 2.24) is 0 Å². The lowest BCUT2D eigenvalue weighted by Gasteiger charge is -2.07. The molecule has 0 saturated heterocycles. The summed E-state index contributed by atoms with van der Waals surface area (Å²) < 4.78 is 32.4. The summed E-state index contributed by atoms with van der Waals surface area (Å²) in [5.74, 6) is 0. The molecule has 0 aliphatic heterocycles. The average Bonchev–Trinajstić information content (AvgIpc) is 2.16. The van der Waals surface area contributed by atoms with Crippen LogP contribution in [0.4, 0.5) is 5.69 Å². The summed E-state index contributed by atoms with van der Waals surface area (Å²) in [5, 5.41) is 1.56. The Morgan fingerprint density at radius 1 is 1.12 bits per heavy atom. The van der Waals surface area contributed by atoms with E-state index in [9.17, 15) is 13.0 Å². The summed E-state index contributed by atoms with van der Waals surface area (Å²) in [6.45, 7) is 0. The molecule has 16 heavy (non-hydrogen) atoms. The Kier molecular flexibility index (Phi) is 3.30. The van der Waals surface area contributed by atoms with E-state index < -0.39 is 10.1 Å². The molecule has 0 heterocycles. The Balaban J connectivity index is 0.00000128. The van der Waals surface area contributed by atoms with E-state index in [-0.39, 0.29) is 10.4 Å². The van der Waals surface area contributed by atoms with Crippen molar-refractivity contribution in [3.05, 3.63) is 36.4 Å². The van der Waals surface area contributed by atoms with Gasteiger partial charge in [-0.05, 0) is 23.6 Å². The van der Waals surface area contributed by atoms with E-state index in [0.717, 1.165) is 5.39 Å². The normalized spacial score (nSPS) is 11.1. The van der Waals surface area contributed by atoms with Crippen LogP contribution in [-0.4, -0.2) is 18.4 Å². The number of hydrogen-bond acceptors (Lipinski definition) is 3. The number of rotatable bonds is 1. The van der Waals surface area contributed by atoms with Gasteiger partial charge in [-0.2, -0.15) is 0 Å². The van der Waals surface area contributed by atoms with E-state index in [4.69, 9.17) is 0 Å². The van der Waals surface area contributed by atoms with Gasteiger partial charge in [0.15, 0.2) is 0 Å². The predicted octanol–water partition coefficient (Wildman–Crippen LogP) is -0.207. The van der Waals surface area contributed by atoms with E-state index in [1.54, 1.807) is 12.1 Å². The highest BCUT2D eigenvalue weighted by molar-refractivity contribution is 7.85. The molecule has 0 aromatic heterocycles. The van der Waals surface area contributed by atoms with Gasteiger partial charge in [-0.1, -0.05) is 18.2 Å². The number of benzene rings is 2. The molecule has 5 nitrogen and oxygen atoms in total. The third-order valence-electron chi connectivity index (χ3n) is 2.23. The first-order valence-corrected chi connectivity index (χ1v) is 5.70. The Bertz CT molecular complexity index is 622. The first-order chi connectivity index (χ1) is 6.98. The van der Waals surface area contributed by atoms with E-state index in [1.807, 2.05) is 12.1 Å². The summed E-state index contributed by atoms with van der Waals surface area (Å²) >= 11 is 0. The quantitative estimate of drug-likeness (QED) is 0.696. The molecule has 0 fully saturated rings. The molecule has 0 spiro atoms. The van der Waals surface area contributed by atoms with Crippen LogP contribution in [-0.2, 0) is 10.1 Å². The van der Waals surface area contributed by atoms with Crippen molar-refractivity contribution in [1.29, 1.82) is 0 Å². The van der Waals surface area contributed by atoms with Crippen LogP contribution in [0, 0.1) is 0 Å². The fraction of sp³-hybridized carbons (Fsp3) is 0. The molecule has 2 aromatic carbocycles. The zero-order chi connectivity index (χ0) is 11.1. The van der Waals surface area contributed by atoms with Crippen LogP contribution < -0.4 is 5.73 Å². The molecule has 0 bridgehead atoms. The lowest BCUT2D eigenvalue weighted by molar-refractivity contribution is -0.252. The van der Waals surface area contributed by atoms with Gasteiger partial charge in [-0.3, -0.25) is 0 Å². The van der Waals surface area contributed by atoms with Gasteiger partial charge in [0, 0.05) is 5.39 Å². The third kappa shape index (κ3) is 2.20. The lowest BCUT2D eigenvalue weighted by Crippen LogP contribution is -2.40. The number of hydrogen-bond donors (Lipinski definition) is 1. The molecule has 0 amide bonds. The zero-order valence-corrected chi connectivity index (χ0v) is 9.12. The molecule has 0 radical (unpaired) electrons. The van der Waals surface area contributed by atoms with E-state index in [0.29, 0.717) is 11.1 Å². The van der Waals surface area contributed by atoms with Crippen LogP contribution in [0.2, 0.25) is 0 Å². The maximum absolute atomic E-state index is 10.8. The van der Waals surface area contributed by atoms with E-state index in [1.165, 1.54) is 12.1 Å². The molecule has 86 valence electrons. The van der Waals surface area contributed by atoms with Crippen molar-refractivity contribution in [3.63, 3.8) is 0 Å². The zero-order valence-electron chi connectivity index (χ0n) is 8.30. The van der Waals surface area contributed by atoms with Crippen molar-refractivity contribution in [2.75, 3.05) is 0 Å². The van der Waals surface area contributed by atoms with Crippen molar-refractivity contribution in [3.8, 4) is 0 Å². The van der Waals surface area contributed by atoms with Gasteiger partial charge in [0.25, 0.3) is 0 Å². The topological polar surface area (TPSA) is 116 Å². The first-order valence-electron chi connectivity index (χ1n) is 4.29. The second kappa shape index (κ2) is 4.18. The molecule has 0 unspecified atom stereocenters. The largest absolute Gasteiger partial charge is 0.744 e. The van der Waals surface area contributed by atoms with Crippen molar-refractivity contribution >= 4 is 26.6 Å². The van der Waals surface area contributed by atoms with Crippen molar-refractivity contribution < 1.29 is 24.2 Å². The van der Waals surface area contributed by atoms with Crippen LogP contribution in [0.1, 0.15) is 0 Å². The van der Waals surface area contributed by atoms with Crippen LogP contribution in [0.15, 0.2) is 41.3 Å². The SMILES string of the molecule is O.[NH3+]c1cccc2ccc(S(=O)(=O)[O-])cc12. The summed E-state index contributed by atoms with van der Waals surface area (Å²) in [6.07, 6.45) is 0. The summed E-state index contributed by atoms with van der Waals surface area (Å²) in [4.78, 5) is -0.217.